The Balaban J connectivity index is 1.60. The van der Waals surface area contributed by atoms with E-state index < -0.39 is 0 Å². The molecular weight excluding hydrogens is 356 g/mol. The Labute approximate surface area is 166 Å². The molecule has 1 fully saturated rings. The second kappa shape index (κ2) is 9.99. The van der Waals surface area contributed by atoms with E-state index in [2.05, 4.69) is 10.2 Å². The molecule has 2 aromatic rings. The summed E-state index contributed by atoms with van der Waals surface area (Å²) >= 11 is 0. The molecule has 1 aromatic heterocycles. The van der Waals surface area contributed by atoms with E-state index in [4.69, 9.17) is 13.9 Å². The molecule has 0 bridgehead atoms. The van der Waals surface area contributed by atoms with Gasteiger partial charge in [-0.2, -0.15) is 0 Å². The number of benzene rings is 1. The van der Waals surface area contributed by atoms with E-state index in [-0.39, 0.29) is 11.9 Å². The highest BCUT2D eigenvalue weighted by atomic mass is 16.5. The Kier molecular flexibility index (Phi) is 7.14. The molecular formula is C22H28N2O4. The summed E-state index contributed by atoms with van der Waals surface area (Å²) in [5.41, 5.74) is 0.867. The van der Waals surface area contributed by atoms with Crippen LogP contribution >= 0.6 is 0 Å². The molecule has 0 saturated carbocycles. The van der Waals surface area contributed by atoms with Gasteiger partial charge < -0.3 is 19.2 Å². The van der Waals surface area contributed by atoms with Gasteiger partial charge in [0, 0.05) is 12.6 Å². The van der Waals surface area contributed by atoms with Gasteiger partial charge in [0.2, 0.25) is 5.91 Å². The number of carbonyl (C=O) groups excluding carboxylic acids is 1. The molecule has 1 atom stereocenters. The van der Waals surface area contributed by atoms with E-state index in [0.29, 0.717) is 18.0 Å². The monoisotopic (exact) mass is 384 g/mol. The van der Waals surface area contributed by atoms with E-state index in [0.717, 1.165) is 24.4 Å². The second-order valence-corrected chi connectivity index (χ2v) is 6.82. The summed E-state index contributed by atoms with van der Waals surface area (Å²) in [5.74, 6) is 2.05. The number of nitrogens with one attached hydrogen (secondary N) is 1. The molecule has 0 spiro atoms. The summed E-state index contributed by atoms with van der Waals surface area (Å²) < 4.78 is 16.1. The number of hydrogen-bond acceptors (Lipinski definition) is 5. The van der Waals surface area contributed by atoms with Gasteiger partial charge in [0.1, 0.15) is 5.76 Å². The van der Waals surface area contributed by atoms with Gasteiger partial charge in [-0.25, -0.2) is 0 Å². The second-order valence-electron chi connectivity index (χ2n) is 6.82. The molecule has 6 heteroatoms. The van der Waals surface area contributed by atoms with Crippen LogP contribution in [0.5, 0.6) is 11.5 Å². The van der Waals surface area contributed by atoms with E-state index in [1.165, 1.54) is 25.3 Å². The van der Waals surface area contributed by atoms with Crippen molar-refractivity contribution in [3.63, 3.8) is 0 Å². The van der Waals surface area contributed by atoms with E-state index in [1.807, 2.05) is 30.3 Å². The van der Waals surface area contributed by atoms with E-state index >= 15 is 0 Å². The van der Waals surface area contributed by atoms with Crippen LogP contribution in [0.4, 0.5) is 0 Å². The number of ether oxygens (including phenoxy) is 2. The van der Waals surface area contributed by atoms with Crippen LogP contribution in [0, 0.1) is 0 Å². The number of furan rings is 1. The van der Waals surface area contributed by atoms with Crippen LogP contribution in [0.3, 0.4) is 0 Å². The first kappa shape index (κ1) is 20.0. The Morgan fingerprint density at radius 3 is 2.64 bits per heavy atom. The highest BCUT2D eigenvalue weighted by Gasteiger charge is 2.24. The Hall–Kier alpha value is -2.73. The molecule has 2 heterocycles. The van der Waals surface area contributed by atoms with Crippen LogP contribution in [-0.4, -0.2) is 44.7 Å². The minimum absolute atomic E-state index is 0.0636. The molecule has 28 heavy (non-hydrogen) atoms. The number of carbonyl (C=O) groups is 1. The Morgan fingerprint density at radius 1 is 1.18 bits per heavy atom. The molecule has 1 aliphatic rings. The van der Waals surface area contributed by atoms with Crippen molar-refractivity contribution in [3.8, 4) is 11.5 Å². The number of likely N-dealkylation sites (tertiary alicyclic amines) is 1. The third kappa shape index (κ3) is 5.16. The van der Waals surface area contributed by atoms with Gasteiger partial charge in [-0.15, -0.1) is 0 Å². The van der Waals surface area contributed by atoms with Gasteiger partial charge in [0.25, 0.3) is 0 Å². The van der Waals surface area contributed by atoms with Gasteiger partial charge in [-0.3, -0.25) is 9.69 Å². The van der Waals surface area contributed by atoms with Gasteiger partial charge in [0.05, 0.1) is 26.5 Å². The molecule has 1 N–H and O–H groups in total. The molecule has 3 rings (SSSR count). The van der Waals surface area contributed by atoms with E-state index in [9.17, 15) is 4.79 Å². The molecule has 0 aliphatic carbocycles. The SMILES string of the molecule is COc1ccc(C=CC(=O)NCC(c2ccco2)N2CCCCC2)cc1OC. The summed E-state index contributed by atoms with van der Waals surface area (Å²) in [4.78, 5) is 14.7. The minimum atomic E-state index is -0.136. The van der Waals surface area contributed by atoms with Crippen LogP contribution in [0.15, 0.2) is 47.1 Å². The maximum absolute atomic E-state index is 12.3. The highest BCUT2D eigenvalue weighted by Crippen LogP contribution is 2.28. The fourth-order valence-corrected chi connectivity index (χ4v) is 3.51. The first-order valence-electron chi connectivity index (χ1n) is 9.66. The lowest BCUT2D eigenvalue weighted by Gasteiger charge is -2.33. The zero-order chi connectivity index (χ0) is 19.8. The van der Waals surface area contributed by atoms with Crippen molar-refractivity contribution >= 4 is 12.0 Å². The maximum Gasteiger partial charge on any atom is 0.244 e. The molecule has 1 aromatic carbocycles. The molecule has 1 aliphatic heterocycles. The summed E-state index contributed by atoms with van der Waals surface area (Å²) in [6, 6.07) is 9.47. The normalized spacial score (nSPS) is 16.1. The van der Waals surface area contributed by atoms with Crippen LogP contribution in [0.25, 0.3) is 6.08 Å². The van der Waals surface area contributed by atoms with Crippen molar-refractivity contribution in [2.75, 3.05) is 33.9 Å². The fourth-order valence-electron chi connectivity index (χ4n) is 3.51. The predicted molar refractivity (Wildman–Crippen MR) is 108 cm³/mol. The van der Waals surface area contributed by atoms with Crippen molar-refractivity contribution in [2.24, 2.45) is 0 Å². The number of piperidine rings is 1. The zero-order valence-corrected chi connectivity index (χ0v) is 16.5. The zero-order valence-electron chi connectivity index (χ0n) is 16.5. The summed E-state index contributed by atoms with van der Waals surface area (Å²) in [6.45, 7) is 2.58. The average molecular weight is 384 g/mol. The third-order valence-electron chi connectivity index (χ3n) is 5.01. The van der Waals surface area contributed by atoms with Gasteiger partial charge >= 0.3 is 0 Å². The molecule has 1 amide bonds. The summed E-state index contributed by atoms with van der Waals surface area (Å²) in [7, 11) is 3.19. The molecule has 6 nitrogen and oxygen atoms in total. The number of rotatable bonds is 8. The highest BCUT2D eigenvalue weighted by molar-refractivity contribution is 5.91. The van der Waals surface area contributed by atoms with Crippen LogP contribution in [0.1, 0.15) is 36.6 Å². The smallest absolute Gasteiger partial charge is 0.244 e. The topological polar surface area (TPSA) is 63.9 Å². The van der Waals surface area contributed by atoms with Crippen molar-refractivity contribution in [1.82, 2.24) is 10.2 Å². The van der Waals surface area contributed by atoms with Crippen molar-refractivity contribution in [3.05, 3.63) is 54.0 Å². The van der Waals surface area contributed by atoms with Crippen molar-refractivity contribution < 1.29 is 18.7 Å². The Bertz CT molecular complexity index is 780. The van der Waals surface area contributed by atoms with Crippen LogP contribution < -0.4 is 14.8 Å². The lowest BCUT2D eigenvalue weighted by atomic mass is 10.1. The predicted octanol–water partition coefficient (Wildman–Crippen LogP) is 3.65. The number of nitrogens with zero attached hydrogens (tertiary/aromatic N) is 1. The van der Waals surface area contributed by atoms with E-state index in [1.54, 1.807) is 26.6 Å². The minimum Gasteiger partial charge on any atom is -0.493 e. The largest absolute Gasteiger partial charge is 0.493 e. The van der Waals surface area contributed by atoms with Crippen molar-refractivity contribution in [1.29, 1.82) is 0 Å². The third-order valence-corrected chi connectivity index (χ3v) is 5.01. The maximum atomic E-state index is 12.3. The number of methoxy groups -OCH3 is 2. The quantitative estimate of drug-likeness (QED) is 0.704. The first-order chi connectivity index (χ1) is 13.7. The molecule has 1 saturated heterocycles. The fraction of sp³-hybridized carbons (Fsp3) is 0.409. The average Bonchev–Trinajstić information content (AvgIpc) is 3.27. The van der Waals surface area contributed by atoms with Crippen LogP contribution in [-0.2, 0) is 4.79 Å². The Morgan fingerprint density at radius 2 is 1.96 bits per heavy atom. The number of amides is 1. The summed E-state index contributed by atoms with van der Waals surface area (Å²) in [5, 5.41) is 3.01. The molecule has 150 valence electrons. The van der Waals surface area contributed by atoms with Crippen LogP contribution in [0.2, 0.25) is 0 Å². The molecule has 0 radical (unpaired) electrons. The lowest BCUT2D eigenvalue weighted by molar-refractivity contribution is -0.116. The number of hydrogen-bond donors (Lipinski definition) is 1. The van der Waals surface area contributed by atoms with Gasteiger partial charge in [-0.1, -0.05) is 12.5 Å². The standard InChI is InChI=1S/C22H28N2O4/c1-26-20-10-8-17(15-21(20)27-2)9-11-22(25)23-16-18(19-7-6-14-28-19)24-12-4-3-5-13-24/h6-11,14-15,18H,3-5,12-13,16H2,1-2H3,(H,23,25). The molecule has 1 unspecified atom stereocenters. The summed E-state index contributed by atoms with van der Waals surface area (Å²) in [6.07, 6.45) is 8.62. The first-order valence-corrected chi connectivity index (χ1v) is 9.66. The lowest BCUT2D eigenvalue weighted by Crippen LogP contribution is -2.40. The van der Waals surface area contributed by atoms with Crippen molar-refractivity contribution in [2.45, 2.75) is 25.3 Å². The van der Waals surface area contributed by atoms with Gasteiger partial charge in [-0.05, 0) is 61.8 Å². The van der Waals surface area contributed by atoms with Gasteiger partial charge in [0.15, 0.2) is 11.5 Å².